The third-order valence-corrected chi connectivity index (χ3v) is 6.36. The first kappa shape index (κ1) is 21.0. The molecule has 0 aromatic heterocycles. The van der Waals surface area contributed by atoms with Crippen molar-refractivity contribution in [3.05, 3.63) is 35.4 Å². The molecule has 1 aliphatic carbocycles. The first-order chi connectivity index (χ1) is 12.1. The molecule has 0 unspecified atom stereocenters. The van der Waals surface area contributed by atoms with E-state index < -0.39 is 11.4 Å². The molecule has 0 amide bonds. The van der Waals surface area contributed by atoms with E-state index >= 15 is 0 Å². The fourth-order valence-corrected chi connectivity index (χ4v) is 4.34. The molecule has 146 valence electrons. The van der Waals surface area contributed by atoms with E-state index in [1.807, 2.05) is 0 Å². The van der Waals surface area contributed by atoms with Gasteiger partial charge in [0.05, 0.1) is 5.41 Å². The molecular formula is C23H37NO2. The molecule has 0 radical (unpaired) electrons. The summed E-state index contributed by atoms with van der Waals surface area (Å²) in [6.45, 7) is 14.5. The zero-order chi connectivity index (χ0) is 19.5. The summed E-state index contributed by atoms with van der Waals surface area (Å²) in [6, 6.07) is 9.48. The van der Waals surface area contributed by atoms with Gasteiger partial charge in [0.2, 0.25) is 0 Å². The van der Waals surface area contributed by atoms with Gasteiger partial charge < -0.3 is 5.11 Å². The number of benzene rings is 1. The molecule has 0 spiro atoms. The van der Waals surface area contributed by atoms with E-state index in [2.05, 4.69) is 70.7 Å². The number of carboxylic acid groups (broad SMARTS) is 1. The Bertz CT molecular complexity index is 583. The molecule has 1 aromatic rings. The van der Waals surface area contributed by atoms with Crippen molar-refractivity contribution in [3.63, 3.8) is 0 Å². The Kier molecular flexibility index (Phi) is 6.55. The molecule has 2 rings (SSSR count). The second kappa shape index (κ2) is 8.12. The lowest BCUT2D eigenvalue weighted by molar-refractivity contribution is -0.146. The van der Waals surface area contributed by atoms with Gasteiger partial charge in [0.1, 0.15) is 0 Å². The topological polar surface area (TPSA) is 40.5 Å². The minimum Gasteiger partial charge on any atom is -0.481 e. The van der Waals surface area contributed by atoms with Crippen molar-refractivity contribution < 1.29 is 9.90 Å². The molecule has 1 N–H and O–H groups in total. The van der Waals surface area contributed by atoms with Crippen LogP contribution in [-0.4, -0.2) is 34.6 Å². The van der Waals surface area contributed by atoms with Crippen molar-refractivity contribution in [2.75, 3.05) is 6.54 Å². The van der Waals surface area contributed by atoms with Gasteiger partial charge in [0.15, 0.2) is 0 Å². The van der Waals surface area contributed by atoms with Gasteiger partial charge in [0, 0.05) is 18.6 Å². The Morgan fingerprint density at radius 2 is 1.50 bits per heavy atom. The first-order valence-corrected chi connectivity index (χ1v) is 10.2. The van der Waals surface area contributed by atoms with E-state index in [0.29, 0.717) is 12.1 Å². The fraction of sp³-hybridized carbons (Fsp3) is 0.696. The lowest BCUT2D eigenvalue weighted by Crippen LogP contribution is -2.41. The number of carboxylic acids is 1. The summed E-state index contributed by atoms with van der Waals surface area (Å²) in [5, 5.41) is 9.97. The minimum atomic E-state index is -0.698. The number of nitrogens with zero attached hydrogens (tertiary/aromatic N) is 1. The van der Waals surface area contributed by atoms with Crippen LogP contribution in [0.25, 0.3) is 0 Å². The lowest BCUT2D eigenvalue weighted by Gasteiger charge is -2.41. The van der Waals surface area contributed by atoms with E-state index in [0.717, 1.165) is 44.2 Å². The van der Waals surface area contributed by atoms with Crippen LogP contribution >= 0.6 is 0 Å². The zero-order valence-electron chi connectivity index (χ0n) is 17.5. The Balaban J connectivity index is 2.11. The summed E-state index contributed by atoms with van der Waals surface area (Å²) in [6.07, 6.45) is 4.42. The number of hydrogen-bond acceptors (Lipinski definition) is 2. The summed E-state index contributed by atoms with van der Waals surface area (Å²) in [7, 11) is 0. The third-order valence-electron chi connectivity index (χ3n) is 6.36. The number of aliphatic carboxylic acids is 1. The summed E-state index contributed by atoms with van der Waals surface area (Å²) in [5.74, 6) is -0.661. The van der Waals surface area contributed by atoms with Gasteiger partial charge in [-0.3, -0.25) is 9.69 Å². The predicted molar refractivity (Wildman–Crippen MR) is 109 cm³/mol. The minimum absolute atomic E-state index is 0.260. The lowest BCUT2D eigenvalue weighted by atomic mass is 9.62. The van der Waals surface area contributed by atoms with Crippen LogP contribution in [0.1, 0.15) is 78.4 Å². The van der Waals surface area contributed by atoms with E-state index in [9.17, 15) is 9.90 Å². The van der Waals surface area contributed by atoms with Crippen molar-refractivity contribution in [1.29, 1.82) is 0 Å². The molecule has 1 aromatic carbocycles. The van der Waals surface area contributed by atoms with Gasteiger partial charge in [-0.1, -0.05) is 38.1 Å². The highest BCUT2D eigenvalue weighted by Crippen LogP contribution is 2.46. The van der Waals surface area contributed by atoms with Crippen molar-refractivity contribution in [3.8, 4) is 0 Å². The standard InChI is InChI=1S/C23H37NO2/c1-17(2)24(18(3)4)16-11-19-7-9-20(10-8-19)23(21(25)26)14-12-22(5,6)13-15-23/h7-10,17-18H,11-16H2,1-6H3,(H,25,26). The average Bonchev–Trinajstić information content (AvgIpc) is 2.55. The Labute approximate surface area is 159 Å². The van der Waals surface area contributed by atoms with Crippen LogP contribution in [0.4, 0.5) is 0 Å². The molecule has 1 aliphatic rings. The van der Waals surface area contributed by atoms with Crippen molar-refractivity contribution in [2.45, 2.75) is 91.1 Å². The number of hydrogen-bond donors (Lipinski definition) is 1. The van der Waals surface area contributed by atoms with Gasteiger partial charge in [-0.15, -0.1) is 0 Å². The third kappa shape index (κ3) is 4.68. The van der Waals surface area contributed by atoms with Crippen molar-refractivity contribution >= 4 is 5.97 Å². The molecule has 0 bridgehead atoms. The van der Waals surface area contributed by atoms with E-state index in [1.165, 1.54) is 5.56 Å². The van der Waals surface area contributed by atoms with E-state index in [4.69, 9.17) is 0 Å². The van der Waals surface area contributed by atoms with Crippen LogP contribution in [0.3, 0.4) is 0 Å². The highest BCUT2D eigenvalue weighted by atomic mass is 16.4. The number of carbonyl (C=O) groups is 1. The fourth-order valence-electron chi connectivity index (χ4n) is 4.34. The molecule has 26 heavy (non-hydrogen) atoms. The molecule has 0 heterocycles. The maximum atomic E-state index is 12.1. The molecule has 3 nitrogen and oxygen atoms in total. The van der Waals surface area contributed by atoms with Crippen LogP contribution in [0.2, 0.25) is 0 Å². The van der Waals surface area contributed by atoms with E-state index in [-0.39, 0.29) is 5.41 Å². The molecule has 0 saturated heterocycles. The van der Waals surface area contributed by atoms with Crippen molar-refractivity contribution in [2.24, 2.45) is 5.41 Å². The van der Waals surface area contributed by atoms with E-state index in [1.54, 1.807) is 0 Å². The number of rotatable bonds is 7. The van der Waals surface area contributed by atoms with Gasteiger partial charge in [0.25, 0.3) is 0 Å². The van der Waals surface area contributed by atoms with Crippen molar-refractivity contribution in [1.82, 2.24) is 4.90 Å². The maximum Gasteiger partial charge on any atom is 0.314 e. The summed E-state index contributed by atoms with van der Waals surface area (Å²) in [4.78, 5) is 14.6. The molecule has 1 saturated carbocycles. The second-order valence-corrected chi connectivity index (χ2v) is 9.42. The maximum absolute atomic E-state index is 12.1. The largest absolute Gasteiger partial charge is 0.481 e. The van der Waals surface area contributed by atoms with Crippen LogP contribution in [0, 0.1) is 5.41 Å². The van der Waals surface area contributed by atoms with Crippen LogP contribution in [0.5, 0.6) is 0 Å². The molecule has 3 heteroatoms. The monoisotopic (exact) mass is 359 g/mol. The van der Waals surface area contributed by atoms with Crippen LogP contribution in [-0.2, 0) is 16.6 Å². The summed E-state index contributed by atoms with van der Waals surface area (Å²) < 4.78 is 0. The highest BCUT2D eigenvalue weighted by molar-refractivity contribution is 5.81. The molecular weight excluding hydrogens is 322 g/mol. The summed E-state index contributed by atoms with van der Waals surface area (Å²) >= 11 is 0. The SMILES string of the molecule is CC(C)N(CCc1ccc(C2(C(=O)O)CCC(C)(C)CC2)cc1)C(C)C. The van der Waals surface area contributed by atoms with Crippen LogP contribution < -0.4 is 0 Å². The van der Waals surface area contributed by atoms with Crippen LogP contribution in [0.15, 0.2) is 24.3 Å². The van der Waals surface area contributed by atoms with Gasteiger partial charge in [-0.2, -0.15) is 0 Å². The Morgan fingerprint density at radius 3 is 1.92 bits per heavy atom. The highest BCUT2D eigenvalue weighted by Gasteiger charge is 2.45. The molecule has 0 atom stereocenters. The Hall–Kier alpha value is -1.35. The van der Waals surface area contributed by atoms with Gasteiger partial charge in [-0.05, 0) is 76.3 Å². The quantitative estimate of drug-likeness (QED) is 0.721. The first-order valence-electron chi connectivity index (χ1n) is 10.2. The van der Waals surface area contributed by atoms with Gasteiger partial charge in [-0.25, -0.2) is 0 Å². The predicted octanol–water partition coefficient (Wildman–Crippen LogP) is 5.27. The Morgan fingerprint density at radius 1 is 1.00 bits per heavy atom. The second-order valence-electron chi connectivity index (χ2n) is 9.42. The zero-order valence-corrected chi connectivity index (χ0v) is 17.5. The summed E-state index contributed by atoms with van der Waals surface area (Å²) in [5.41, 5.74) is 1.83. The molecule has 0 aliphatic heterocycles. The smallest absolute Gasteiger partial charge is 0.314 e. The van der Waals surface area contributed by atoms with Gasteiger partial charge >= 0.3 is 5.97 Å². The molecule has 1 fully saturated rings. The average molecular weight is 360 g/mol. The normalized spacial score (nSPS) is 19.3.